The maximum absolute atomic E-state index is 13.2. The third-order valence-corrected chi connectivity index (χ3v) is 9.88. The smallest absolute Gasteiger partial charge is 0.303 e. The Labute approximate surface area is 363 Å². The number of rotatable bonds is 35. The molecular formula is C39H70N12O9S. The Balaban J connectivity index is 2.65. The summed E-state index contributed by atoms with van der Waals surface area (Å²) >= 11 is 4.01. The number of nitrogens with two attached hydrogens (primary N) is 4. The van der Waals surface area contributed by atoms with Gasteiger partial charge in [0.2, 0.25) is 35.4 Å². The van der Waals surface area contributed by atoms with Crippen LogP contribution in [0.1, 0.15) is 76.7 Å². The highest BCUT2D eigenvalue weighted by Crippen LogP contribution is 2.12. The van der Waals surface area contributed by atoms with Crippen LogP contribution in [0, 0.1) is 0 Å². The van der Waals surface area contributed by atoms with Crippen molar-refractivity contribution in [3.8, 4) is 5.75 Å². The molecule has 6 amide bonds. The molecule has 18 N–H and O–H groups in total. The maximum Gasteiger partial charge on any atom is 0.303 e. The standard InChI is InChI=1S/C39H70N12O9S/c1-2-44-24-38(22-40,25-45-18-19-46-26-39(43,23-41)51-34(56)11-7-12-35(57)58)50-33(55)10-6-9-32(54)48-29(20-27-13-15-28(52)16-14-27)37(60)47-17-5-3-4-8-31(53)49-30(21-61)36(42)59/h13-16,29-30,44-46,52,61H,2-12,17-26,40-41,43H2,1H3,(H2,42,59)(H,47,60)(H,48,54)(H,49,53)(H,50,55)(H,51,56)(H,57,58)/t29-,30-,38+,39+/m0/s1. The van der Waals surface area contributed by atoms with Crippen molar-refractivity contribution in [1.82, 2.24) is 42.5 Å². The van der Waals surface area contributed by atoms with Crippen LogP contribution in [0.3, 0.4) is 0 Å². The summed E-state index contributed by atoms with van der Waals surface area (Å²) in [5, 5.41) is 41.9. The van der Waals surface area contributed by atoms with Crippen molar-refractivity contribution in [2.24, 2.45) is 22.9 Å². The van der Waals surface area contributed by atoms with E-state index in [0.717, 1.165) is 0 Å². The van der Waals surface area contributed by atoms with Gasteiger partial charge in [-0.25, -0.2) is 0 Å². The number of aliphatic carboxylic acids is 1. The Morgan fingerprint density at radius 2 is 1.25 bits per heavy atom. The molecule has 0 heterocycles. The van der Waals surface area contributed by atoms with Crippen LogP contribution in [-0.2, 0) is 40.0 Å². The number of benzene rings is 1. The Hall–Kier alpha value is -4.58. The molecule has 61 heavy (non-hydrogen) atoms. The molecule has 4 atom stereocenters. The average molecular weight is 883 g/mol. The minimum absolute atomic E-state index is 0.00911. The molecule has 0 saturated heterocycles. The molecule has 0 saturated carbocycles. The third-order valence-electron chi connectivity index (χ3n) is 9.51. The summed E-state index contributed by atoms with van der Waals surface area (Å²) in [6, 6.07) is 4.51. The van der Waals surface area contributed by atoms with Gasteiger partial charge >= 0.3 is 5.97 Å². The molecule has 0 aliphatic heterocycles. The Morgan fingerprint density at radius 1 is 0.689 bits per heavy atom. The topological polar surface area (TPSA) is 360 Å². The number of carbonyl (C=O) groups is 7. The SMILES string of the molecule is CCNC[C@](CN)(CNCCNC[C@@](N)(CN)NC(=O)CCCC(=O)O)NC(=O)CCCC(=O)N[C@@H](Cc1ccc(O)cc1)C(=O)NCCCCCC(=O)N[C@@H](CS)C(N)=O. The van der Waals surface area contributed by atoms with Gasteiger partial charge in [0, 0.05) is 96.6 Å². The fourth-order valence-corrected chi connectivity index (χ4v) is 6.21. The predicted molar refractivity (Wildman–Crippen MR) is 234 cm³/mol. The van der Waals surface area contributed by atoms with Gasteiger partial charge in [-0.2, -0.15) is 12.6 Å². The zero-order chi connectivity index (χ0) is 45.7. The number of carboxylic acid groups (broad SMARTS) is 1. The highest BCUT2D eigenvalue weighted by molar-refractivity contribution is 7.80. The summed E-state index contributed by atoms with van der Waals surface area (Å²) in [7, 11) is 0. The van der Waals surface area contributed by atoms with E-state index in [-0.39, 0.29) is 94.3 Å². The zero-order valence-corrected chi connectivity index (χ0v) is 36.2. The number of primary amides is 1. The van der Waals surface area contributed by atoms with Crippen LogP contribution in [0.2, 0.25) is 0 Å². The lowest BCUT2D eigenvalue weighted by molar-refractivity contribution is -0.137. The van der Waals surface area contributed by atoms with Gasteiger partial charge in [-0.15, -0.1) is 0 Å². The summed E-state index contributed by atoms with van der Waals surface area (Å²) in [4.78, 5) is 85.8. The van der Waals surface area contributed by atoms with Gasteiger partial charge in [0.1, 0.15) is 23.5 Å². The first-order valence-electron chi connectivity index (χ1n) is 20.7. The summed E-state index contributed by atoms with van der Waals surface area (Å²) in [5.41, 5.74) is 22.1. The van der Waals surface area contributed by atoms with E-state index in [4.69, 9.17) is 28.0 Å². The number of carbonyl (C=O) groups excluding carboxylic acids is 6. The second-order valence-corrected chi connectivity index (χ2v) is 15.3. The van der Waals surface area contributed by atoms with Crippen LogP contribution >= 0.6 is 12.6 Å². The number of hydrogen-bond acceptors (Lipinski definition) is 15. The van der Waals surface area contributed by atoms with E-state index in [9.17, 15) is 38.7 Å². The molecule has 0 aliphatic rings. The molecule has 0 fully saturated rings. The molecule has 0 unspecified atom stereocenters. The molecule has 0 aromatic heterocycles. The zero-order valence-electron chi connectivity index (χ0n) is 35.3. The summed E-state index contributed by atoms with van der Waals surface area (Å²) in [6.07, 6.45) is 2.29. The second kappa shape index (κ2) is 30.4. The number of phenols is 1. The molecule has 0 aliphatic carbocycles. The first kappa shape index (κ1) is 54.4. The molecule has 346 valence electrons. The molecule has 22 heteroatoms. The molecule has 0 spiro atoms. The van der Waals surface area contributed by atoms with E-state index in [2.05, 4.69) is 55.2 Å². The van der Waals surface area contributed by atoms with E-state index < -0.39 is 52.9 Å². The van der Waals surface area contributed by atoms with Crippen molar-refractivity contribution in [2.75, 3.05) is 64.7 Å². The van der Waals surface area contributed by atoms with Gasteiger partial charge < -0.3 is 75.7 Å². The van der Waals surface area contributed by atoms with Gasteiger partial charge in [0.05, 0.1) is 5.54 Å². The number of nitrogens with one attached hydrogen (secondary N) is 8. The van der Waals surface area contributed by atoms with E-state index in [1.165, 1.54) is 12.1 Å². The quantitative estimate of drug-likeness (QED) is 0.0181. The molecule has 1 rings (SSSR count). The van der Waals surface area contributed by atoms with Crippen LogP contribution in [0.15, 0.2) is 24.3 Å². The third kappa shape index (κ3) is 24.5. The van der Waals surface area contributed by atoms with Crippen LogP contribution in [0.5, 0.6) is 5.75 Å². The number of likely N-dealkylation sites (N-methyl/N-ethyl adjacent to an activating group) is 1. The monoisotopic (exact) mass is 883 g/mol. The number of phenolic OH excluding ortho intramolecular Hbond substituents is 1. The lowest BCUT2D eigenvalue weighted by atomic mass is 9.98. The Bertz CT molecular complexity index is 1530. The summed E-state index contributed by atoms with van der Waals surface area (Å²) in [6.45, 7) is 4.64. The van der Waals surface area contributed by atoms with Crippen LogP contribution in [0.4, 0.5) is 0 Å². The number of carboxylic acids is 1. The highest BCUT2D eigenvalue weighted by atomic mass is 32.1. The first-order chi connectivity index (χ1) is 29.0. The largest absolute Gasteiger partial charge is 0.508 e. The summed E-state index contributed by atoms with van der Waals surface area (Å²) in [5.74, 6) is -3.35. The molecule has 0 bridgehead atoms. The lowest BCUT2D eigenvalue weighted by Crippen LogP contribution is -2.66. The minimum atomic E-state index is -1.23. The molecule has 0 radical (unpaired) electrons. The maximum atomic E-state index is 13.2. The van der Waals surface area contributed by atoms with Crippen LogP contribution in [0.25, 0.3) is 0 Å². The molecule has 1 aromatic rings. The lowest BCUT2D eigenvalue weighted by Gasteiger charge is -2.34. The second-order valence-electron chi connectivity index (χ2n) is 15.0. The molecule has 21 nitrogen and oxygen atoms in total. The van der Waals surface area contributed by atoms with E-state index >= 15 is 0 Å². The van der Waals surface area contributed by atoms with Gasteiger partial charge in [-0.05, 0) is 49.9 Å². The van der Waals surface area contributed by atoms with E-state index in [1.54, 1.807) is 12.1 Å². The van der Waals surface area contributed by atoms with Crippen molar-refractivity contribution < 1.29 is 43.8 Å². The van der Waals surface area contributed by atoms with Crippen molar-refractivity contribution in [3.63, 3.8) is 0 Å². The fourth-order valence-electron chi connectivity index (χ4n) is 5.94. The Morgan fingerprint density at radius 3 is 1.82 bits per heavy atom. The van der Waals surface area contributed by atoms with E-state index in [0.29, 0.717) is 64.1 Å². The van der Waals surface area contributed by atoms with Crippen molar-refractivity contribution in [2.45, 2.75) is 101 Å². The first-order valence-corrected chi connectivity index (χ1v) is 21.3. The highest BCUT2D eigenvalue weighted by Gasteiger charge is 2.30. The van der Waals surface area contributed by atoms with Gasteiger partial charge in [0.15, 0.2) is 0 Å². The van der Waals surface area contributed by atoms with Gasteiger partial charge in [-0.3, -0.25) is 33.6 Å². The van der Waals surface area contributed by atoms with Crippen LogP contribution < -0.4 is 65.5 Å². The van der Waals surface area contributed by atoms with Gasteiger partial charge in [-0.1, -0.05) is 25.5 Å². The minimum Gasteiger partial charge on any atom is -0.508 e. The number of amides is 6. The van der Waals surface area contributed by atoms with Gasteiger partial charge in [0.25, 0.3) is 0 Å². The van der Waals surface area contributed by atoms with E-state index in [1.807, 2.05) is 6.92 Å². The summed E-state index contributed by atoms with van der Waals surface area (Å²) < 4.78 is 0. The number of unbranched alkanes of at least 4 members (excludes halogenated alkanes) is 2. The van der Waals surface area contributed by atoms with Crippen molar-refractivity contribution in [1.29, 1.82) is 0 Å². The number of thiol groups is 1. The molecular weight excluding hydrogens is 813 g/mol. The number of hydrogen-bond donors (Lipinski definition) is 15. The molecule has 1 aromatic carbocycles. The van der Waals surface area contributed by atoms with Crippen molar-refractivity contribution in [3.05, 3.63) is 29.8 Å². The van der Waals surface area contributed by atoms with Crippen LogP contribution in [-0.4, -0.2) is 140 Å². The number of aromatic hydroxyl groups is 1. The predicted octanol–water partition coefficient (Wildman–Crippen LogP) is -3.25. The normalized spacial score (nSPS) is 14.0. The van der Waals surface area contributed by atoms with Crippen molar-refractivity contribution >= 4 is 54.0 Å². The fraction of sp³-hybridized carbons (Fsp3) is 0.667. The average Bonchev–Trinajstić information content (AvgIpc) is 3.21. The Kier molecular flexibility index (Phi) is 27.2.